The number of carbonyl (C=O) groups is 1. The fourth-order valence-electron chi connectivity index (χ4n) is 2.84. The minimum Gasteiger partial charge on any atom is -0.490 e. The summed E-state index contributed by atoms with van der Waals surface area (Å²) in [5.41, 5.74) is 3.38. The second-order valence-corrected chi connectivity index (χ2v) is 9.45. The first-order valence-corrected chi connectivity index (χ1v) is 10.7. The molecule has 29 heavy (non-hydrogen) atoms. The van der Waals surface area contributed by atoms with Crippen LogP contribution in [-0.4, -0.2) is 16.8 Å². The number of carbonyl (C=O) groups excluding carboxylic acids is 1. The van der Waals surface area contributed by atoms with E-state index in [1.807, 2.05) is 25.1 Å². The van der Waals surface area contributed by atoms with Crippen LogP contribution >= 0.6 is 24.0 Å². The fraction of sp³-hybridized carbons (Fsp3) is 0.304. The van der Waals surface area contributed by atoms with Gasteiger partial charge in [0, 0.05) is 0 Å². The first kappa shape index (κ1) is 21.4. The van der Waals surface area contributed by atoms with Gasteiger partial charge in [0.25, 0.3) is 5.91 Å². The summed E-state index contributed by atoms with van der Waals surface area (Å²) in [5, 5.41) is 2.62. The van der Waals surface area contributed by atoms with Gasteiger partial charge in [0.2, 0.25) is 0 Å². The number of hydrogen-bond acceptors (Lipinski definition) is 5. The maximum absolute atomic E-state index is 11.9. The Morgan fingerprint density at radius 3 is 2.38 bits per heavy atom. The first-order valence-electron chi connectivity index (χ1n) is 9.50. The van der Waals surface area contributed by atoms with E-state index in [-0.39, 0.29) is 11.3 Å². The van der Waals surface area contributed by atoms with Crippen molar-refractivity contribution in [3.8, 4) is 11.5 Å². The van der Waals surface area contributed by atoms with E-state index in [9.17, 15) is 4.79 Å². The SMILES string of the molecule is CCOc1cc(/C=C2\SC(=S)NC2=O)ccc1OCc1ccc(C(C)(C)C)cc1. The zero-order valence-electron chi connectivity index (χ0n) is 17.1. The minimum atomic E-state index is -0.169. The Hall–Kier alpha value is -2.31. The highest BCUT2D eigenvalue weighted by atomic mass is 32.2. The van der Waals surface area contributed by atoms with Gasteiger partial charge in [-0.05, 0) is 47.2 Å². The smallest absolute Gasteiger partial charge is 0.263 e. The molecule has 1 amide bonds. The molecule has 0 unspecified atom stereocenters. The molecule has 0 bridgehead atoms. The fourth-order valence-corrected chi connectivity index (χ4v) is 3.88. The molecular formula is C23H25NO3S2. The molecule has 0 saturated carbocycles. The maximum Gasteiger partial charge on any atom is 0.263 e. The van der Waals surface area contributed by atoms with Crippen LogP contribution in [-0.2, 0) is 16.8 Å². The molecule has 0 radical (unpaired) electrons. The van der Waals surface area contributed by atoms with Gasteiger partial charge in [-0.15, -0.1) is 0 Å². The van der Waals surface area contributed by atoms with E-state index in [2.05, 4.69) is 50.4 Å². The highest BCUT2D eigenvalue weighted by Crippen LogP contribution is 2.32. The number of nitrogens with one attached hydrogen (secondary N) is 1. The van der Waals surface area contributed by atoms with Crippen molar-refractivity contribution in [3.05, 3.63) is 64.1 Å². The lowest BCUT2D eigenvalue weighted by Gasteiger charge is -2.19. The normalized spacial score (nSPS) is 15.5. The van der Waals surface area contributed by atoms with Crippen molar-refractivity contribution >= 4 is 40.3 Å². The van der Waals surface area contributed by atoms with Crippen molar-refractivity contribution in [3.63, 3.8) is 0 Å². The molecule has 152 valence electrons. The summed E-state index contributed by atoms with van der Waals surface area (Å²) in [7, 11) is 0. The summed E-state index contributed by atoms with van der Waals surface area (Å²) in [6.07, 6.45) is 1.80. The second-order valence-electron chi connectivity index (χ2n) is 7.73. The van der Waals surface area contributed by atoms with Crippen LogP contribution in [0, 0.1) is 0 Å². The average Bonchev–Trinajstić information content (AvgIpc) is 2.98. The highest BCUT2D eigenvalue weighted by Gasteiger charge is 2.22. The number of hydrogen-bond donors (Lipinski definition) is 1. The number of rotatable bonds is 6. The number of ether oxygens (including phenoxy) is 2. The Morgan fingerprint density at radius 1 is 1.07 bits per heavy atom. The molecule has 0 aliphatic carbocycles. The molecule has 2 aromatic rings. The van der Waals surface area contributed by atoms with Crippen LogP contribution in [0.2, 0.25) is 0 Å². The lowest BCUT2D eigenvalue weighted by molar-refractivity contribution is -0.115. The van der Waals surface area contributed by atoms with Crippen LogP contribution in [0.3, 0.4) is 0 Å². The molecule has 6 heteroatoms. The lowest BCUT2D eigenvalue weighted by Crippen LogP contribution is -2.17. The minimum absolute atomic E-state index is 0.129. The van der Waals surface area contributed by atoms with Gasteiger partial charge < -0.3 is 14.8 Å². The molecule has 1 saturated heterocycles. The van der Waals surface area contributed by atoms with E-state index in [1.165, 1.54) is 17.3 Å². The van der Waals surface area contributed by atoms with Crippen LogP contribution in [0.1, 0.15) is 44.4 Å². The molecule has 4 nitrogen and oxygen atoms in total. The van der Waals surface area contributed by atoms with Gasteiger partial charge in [0.1, 0.15) is 10.9 Å². The number of thiocarbonyl (C=S) groups is 1. The van der Waals surface area contributed by atoms with Crippen molar-refractivity contribution in [2.24, 2.45) is 0 Å². The Morgan fingerprint density at radius 2 is 1.79 bits per heavy atom. The van der Waals surface area contributed by atoms with Crippen LogP contribution in [0.4, 0.5) is 0 Å². The van der Waals surface area contributed by atoms with Crippen molar-refractivity contribution < 1.29 is 14.3 Å². The van der Waals surface area contributed by atoms with E-state index in [1.54, 1.807) is 6.08 Å². The quantitative estimate of drug-likeness (QED) is 0.491. The summed E-state index contributed by atoms with van der Waals surface area (Å²) in [6.45, 7) is 9.51. The van der Waals surface area contributed by atoms with Crippen LogP contribution in [0.15, 0.2) is 47.4 Å². The summed E-state index contributed by atoms with van der Waals surface area (Å²) in [6, 6.07) is 14.1. The summed E-state index contributed by atoms with van der Waals surface area (Å²) in [4.78, 5) is 12.4. The molecule has 2 aromatic carbocycles. The van der Waals surface area contributed by atoms with Gasteiger partial charge in [-0.1, -0.05) is 75.1 Å². The lowest BCUT2D eigenvalue weighted by atomic mass is 9.87. The third-order valence-electron chi connectivity index (χ3n) is 4.42. The van der Waals surface area contributed by atoms with Gasteiger partial charge in [-0.25, -0.2) is 0 Å². The van der Waals surface area contributed by atoms with Crippen LogP contribution < -0.4 is 14.8 Å². The molecule has 1 N–H and O–H groups in total. The van der Waals surface area contributed by atoms with Crippen LogP contribution in [0.25, 0.3) is 6.08 Å². The Balaban J connectivity index is 1.74. The molecule has 3 rings (SSSR count). The van der Waals surface area contributed by atoms with Crippen molar-refractivity contribution in [1.29, 1.82) is 0 Å². The molecule has 0 atom stereocenters. The van der Waals surface area contributed by atoms with Crippen LogP contribution in [0.5, 0.6) is 11.5 Å². The first-order chi connectivity index (χ1) is 13.8. The van der Waals surface area contributed by atoms with Gasteiger partial charge in [0.05, 0.1) is 11.5 Å². The summed E-state index contributed by atoms with van der Waals surface area (Å²) in [5.74, 6) is 1.16. The van der Waals surface area contributed by atoms with E-state index in [0.717, 1.165) is 11.1 Å². The summed E-state index contributed by atoms with van der Waals surface area (Å²) < 4.78 is 12.2. The number of amides is 1. The van der Waals surface area contributed by atoms with Crippen molar-refractivity contribution in [1.82, 2.24) is 5.32 Å². The van der Waals surface area contributed by atoms with Crippen molar-refractivity contribution in [2.75, 3.05) is 6.61 Å². The molecule has 1 aliphatic rings. The Labute approximate surface area is 181 Å². The summed E-state index contributed by atoms with van der Waals surface area (Å²) >= 11 is 6.29. The predicted octanol–water partition coefficient (Wildman–Crippen LogP) is 5.45. The topological polar surface area (TPSA) is 47.6 Å². The van der Waals surface area contributed by atoms with Gasteiger partial charge in [-0.3, -0.25) is 4.79 Å². The third-order valence-corrected chi connectivity index (χ3v) is 5.58. The molecular weight excluding hydrogens is 402 g/mol. The van der Waals surface area contributed by atoms with Crippen molar-refractivity contribution in [2.45, 2.75) is 39.7 Å². The molecule has 1 aliphatic heterocycles. The Bertz CT molecular complexity index is 944. The highest BCUT2D eigenvalue weighted by molar-refractivity contribution is 8.26. The second kappa shape index (κ2) is 9.01. The largest absolute Gasteiger partial charge is 0.490 e. The monoisotopic (exact) mass is 427 g/mol. The van der Waals surface area contributed by atoms with E-state index in [4.69, 9.17) is 21.7 Å². The zero-order valence-corrected chi connectivity index (χ0v) is 18.7. The third kappa shape index (κ3) is 5.61. The van der Waals surface area contributed by atoms with E-state index in [0.29, 0.717) is 33.9 Å². The van der Waals surface area contributed by atoms with Gasteiger partial charge in [-0.2, -0.15) is 0 Å². The van der Waals surface area contributed by atoms with Gasteiger partial charge in [0.15, 0.2) is 11.5 Å². The predicted molar refractivity (Wildman–Crippen MR) is 123 cm³/mol. The van der Waals surface area contributed by atoms with E-state index >= 15 is 0 Å². The maximum atomic E-state index is 11.9. The zero-order chi connectivity index (χ0) is 21.0. The molecule has 0 spiro atoms. The standard InChI is InChI=1S/C23H25NO3S2/c1-5-26-19-12-16(13-20-21(25)24-22(28)29-20)8-11-18(19)27-14-15-6-9-17(10-7-15)23(2,3)4/h6-13H,5,14H2,1-4H3,(H,24,25,28)/b20-13-. The molecule has 1 heterocycles. The number of benzene rings is 2. The Kier molecular flexibility index (Phi) is 6.65. The van der Waals surface area contributed by atoms with Gasteiger partial charge >= 0.3 is 0 Å². The average molecular weight is 428 g/mol. The van der Waals surface area contributed by atoms with E-state index < -0.39 is 0 Å². The molecule has 1 fully saturated rings. The molecule has 0 aromatic heterocycles. The number of thioether (sulfide) groups is 1.